The van der Waals surface area contributed by atoms with Gasteiger partial charge in [-0.25, -0.2) is 0 Å². The summed E-state index contributed by atoms with van der Waals surface area (Å²) in [6, 6.07) is -1.40. The van der Waals surface area contributed by atoms with E-state index in [1.165, 1.54) is 11.8 Å². The number of hydrogen-bond acceptors (Lipinski definition) is 5. The van der Waals surface area contributed by atoms with Crippen molar-refractivity contribution in [1.29, 1.82) is 0 Å². The highest BCUT2D eigenvalue weighted by atomic mass is 19.4. The number of hydrogen-bond donors (Lipinski definition) is 1. The van der Waals surface area contributed by atoms with E-state index in [2.05, 4.69) is 4.90 Å². The van der Waals surface area contributed by atoms with Crippen molar-refractivity contribution >= 4 is 0 Å². The van der Waals surface area contributed by atoms with Crippen LogP contribution in [0.25, 0.3) is 0 Å². The largest absolute Gasteiger partial charge is 0.403 e. The van der Waals surface area contributed by atoms with E-state index >= 15 is 0 Å². The number of piperazine rings is 1. The van der Waals surface area contributed by atoms with Crippen molar-refractivity contribution in [2.24, 2.45) is 0 Å². The fraction of sp³-hybridized carbons (Fsp3) is 1.00. The van der Waals surface area contributed by atoms with Crippen molar-refractivity contribution in [3.05, 3.63) is 0 Å². The van der Waals surface area contributed by atoms with Crippen molar-refractivity contribution in [2.45, 2.75) is 25.2 Å². The van der Waals surface area contributed by atoms with Gasteiger partial charge in [0.15, 0.2) is 0 Å². The lowest BCUT2D eigenvalue weighted by molar-refractivity contribution is -0.182. The highest BCUT2D eigenvalue weighted by molar-refractivity contribution is 4.81. The van der Waals surface area contributed by atoms with Gasteiger partial charge in [-0.3, -0.25) is 14.7 Å². The fourth-order valence-electron chi connectivity index (χ4n) is 2.98. The molecule has 0 amide bonds. The Bertz CT molecular complexity index is 330. The number of alkyl halides is 3. The van der Waals surface area contributed by atoms with Crippen molar-refractivity contribution in [3.63, 3.8) is 0 Å². The summed E-state index contributed by atoms with van der Waals surface area (Å²) in [5.41, 5.74) is 0. The summed E-state index contributed by atoms with van der Waals surface area (Å²) in [7, 11) is 0. The molecule has 2 aliphatic rings. The fourth-order valence-corrected chi connectivity index (χ4v) is 2.98. The van der Waals surface area contributed by atoms with Crippen LogP contribution in [0.5, 0.6) is 0 Å². The number of morpholine rings is 1. The second-order valence-electron chi connectivity index (χ2n) is 6.12. The molecule has 2 saturated heterocycles. The van der Waals surface area contributed by atoms with Crippen molar-refractivity contribution in [3.8, 4) is 0 Å². The van der Waals surface area contributed by atoms with Crippen LogP contribution in [0.4, 0.5) is 13.2 Å². The Kier molecular flexibility index (Phi) is 6.46. The van der Waals surface area contributed by atoms with E-state index in [-0.39, 0.29) is 0 Å². The molecule has 0 spiro atoms. The molecular weight excluding hydrogens is 299 g/mol. The normalized spacial score (nSPS) is 26.0. The average Bonchev–Trinajstić information content (AvgIpc) is 2.47. The second kappa shape index (κ2) is 7.92. The summed E-state index contributed by atoms with van der Waals surface area (Å²) in [6.45, 7) is 7.30. The van der Waals surface area contributed by atoms with Crippen LogP contribution in [0.15, 0.2) is 0 Å². The predicted octanol–water partition coefficient (Wildman–Crippen LogP) is 0.248. The minimum atomic E-state index is -4.17. The third kappa shape index (κ3) is 5.34. The first kappa shape index (κ1) is 17.9. The van der Waals surface area contributed by atoms with Gasteiger partial charge in [-0.05, 0) is 6.92 Å². The Hall–Kier alpha value is -0.410. The summed E-state index contributed by atoms with van der Waals surface area (Å²) in [5.74, 6) is 0. The highest BCUT2D eigenvalue weighted by Gasteiger charge is 2.40. The van der Waals surface area contributed by atoms with Gasteiger partial charge in [-0.2, -0.15) is 13.2 Å². The Morgan fingerprint density at radius 2 is 1.45 bits per heavy atom. The summed E-state index contributed by atoms with van der Waals surface area (Å²) >= 11 is 0. The SMILES string of the molecule is CC(N1CCN(CC(O)CN2CCOCC2)CC1)C(F)(F)F. The molecule has 1 N–H and O–H groups in total. The predicted molar refractivity (Wildman–Crippen MR) is 76.8 cm³/mol. The van der Waals surface area contributed by atoms with Crippen LogP contribution in [0.3, 0.4) is 0 Å². The molecule has 0 aliphatic carbocycles. The second-order valence-corrected chi connectivity index (χ2v) is 6.12. The minimum absolute atomic E-state index is 0.394. The molecule has 22 heavy (non-hydrogen) atoms. The van der Waals surface area contributed by atoms with Gasteiger partial charge in [-0.1, -0.05) is 0 Å². The van der Waals surface area contributed by atoms with E-state index in [9.17, 15) is 18.3 Å². The molecule has 8 heteroatoms. The van der Waals surface area contributed by atoms with Gasteiger partial charge in [0.05, 0.1) is 19.3 Å². The molecule has 0 aromatic rings. The summed E-state index contributed by atoms with van der Waals surface area (Å²) in [5, 5.41) is 10.1. The molecule has 130 valence electrons. The molecule has 2 atom stereocenters. The van der Waals surface area contributed by atoms with Crippen LogP contribution in [0.1, 0.15) is 6.92 Å². The average molecular weight is 325 g/mol. The van der Waals surface area contributed by atoms with Crippen LogP contribution >= 0.6 is 0 Å². The Morgan fingerprint density at radius 3 is 1.95 bits per heavy atom. The number of aliphatic hydroxyl groups is 1. The topological polar surface area (TPSA) is 39.2 Å². The van der Waals surface area contributed by atoms with Crippen LogP contribution in [0.2, 0.25) is 0 Å². The maximum Gasteiger partial charge on any atom is 0.403 e. The zero-order chi connectivity index (χ0) is 16.2. The van der Waals surface area contributed by atoms with Crippen LogP contribution in [-0.4, -0.2) is 104 Å². The van der Waals surface area contributed by atoms with Crippen molar-refractivity contribution < 1.29 is 23.0 Å². The summed E-state index contributed by atoms with van der Waals surface area (Å²) in [6.07, 6.45) is -4.64. The monoisotopic (exact) mass is 325 g/mol. The number of rotatable bonds is 5. The lowest BCUT2D eigenvalue weighted by Gasteiger charge is -2.39. The van der Waals surface area contributed by atoms with Gasteiger partial charge in [-0.15, -0.1) is 0 Å². The Labute approximate surface area is 129 Å². The third-order valence-electron chi connectivity index (χ3n) is 4.47. The van der Waals surface area contributed by atoms with Gasteiger partial charge in [0.1, 0.15) is 6.04 Å². The van der Waals surface area contributed by atoms with Gasteiger partial charge in [0.2, 0.25) is 0 Å². The van der Waals surface area contributed by atoms with E-state index in [0.717, 1.165) is 13.1 Å². The van der Waals surface area contributed by atoms with E-state index in [4.69, 9.17) is 4.74 Å². The van der Waals surface area contributed by atoms with Crippen LogP contribution in [-0.2, 0) is 4.74 Å². The summed E-state index contributed by atoms with van der Waals surface area (Å²) in [4.78, 5) is 5.67. The van der Waals surface area contributed by atoms with E-state index in [1.807, 2.05) is 4.90 Å². The van der Waals surface area contributed by atoms with Gasteiger partial charge >= 0.3 is 6.18 Å². The van der Waals surface area contributed by atoms with E-state index in [0.29, 0.717) is 52.5 Å². The smallest absolute Gasteiger partial charge is 0.390 e. The molecule has 0 saturated carbocycles. The zero-order valence-corrected chi connectivity index (χ0v) is 13.1. The number of aliphatic hydroxyl groups excluding tert-OH is 1. The maximum absolute atomic E-state index is 12.7. The van der Waals surface area contributed by atoms with Crippen molar-refractivity contribution in [2.75, 3.05) is 65.6 Å². The van der Waals surface area contributed by atoms with Crippen molar-refractivity contribution in [1.82, 2.24) is 14.7 Å². The third-order valence-corrected chi connectivity index (χ3v) is 4.47. The molecule has 2 fully saturated rings. The first-order chi connectivity index (χ1) is 10.4. The molecule has 2 rings (SSSR count). The molecule has 0 aromatic heterocycles. The lowest BCUT2D eigenvalue weighted by atomic mass is 10.2. The molecule has 2 heterocycles. The van der Waals surface area contributed by atoms with Crippen LogP contribution < -0.4 is 0 Å². The Balaban J connectivity index is 1.68. The number of nitrogens with zero attached hydrogens (tertiary/aromatic N) is 3. The maximum atomic E-state index is 12.7. The van der Waals surface area contributed by atoms with Gasteiger partial charge in [0, 0.05) is 52.4 Å². The number of halogens is 3. The summed E-state index contributed by atoms with van der Waals surface area (Å²) < 4.78 is 43.3. The number of β-amino-alcohol motifs (C(OH)–C–C–N with tert-alkyl or cyclic N) is 1. The highest BCUT2D eigenvalue weighted by Crippen LogP contribution is 2.25. The first-order valence-corrected chi connectivity index (χ1v) is 7.87. The van der Waals surface area contributed by atoms with E-state index < -0.39 is 18.3 Å². The molecule has 5 nitrogen and oxygen atoms in total. The minimum Gasteiger partial charge on any atom is -0.390 e. The van der Waals surface area contributed by atoms with Gasteiger partial charge in [0.25, 0.3) is 0 Å². The molecular formula is C14H26F3N3O2. The number of ether oxygens (including phenoxy) is 1. The standard InChI is InChI=1S/C14H26F3N3O2/c1-12(14(15,16)17)20-4-2-18(3-5-20)10-13(21)11-19-6-8-22-9-7-19/h12-13,21H,2-11H2,1H3. The van der Waals surface area contributed by atoms with E-state index in [1.54, 1.807) is 0 Å². The Morgan fingerprint density at radius 1 is 0.955 bits per heavy atom. The molecule has 2 aliphatic heterocycles. The first-order valence-electron chi connectivity index (χ1n) is 7.87. The molecule has 0 radical (unpaired) electrons. The molecule has 2 unspecified atom stereocenters. The van der Waals surface area contributed by atoms with Crippen LogP contribution in [0, 0.1) is 0 Å². The lowest BCUT2D eigenvalue weighted by Crippen LogP contribution is -2.55. The zero-order valence-electron chi connectivity index (χ0n) is 13.1. The molecule has 0 aromatic carbocycles. The quantitative estimate of drug-likeness (QED) is 0.784. The van der Waals surface area contributed by atoms with Gasteiger partial charge < -0.3 is 9.84 Å². The molecule has 0 bridgehead atoms.